The number of allylic oxidation sites excluding steroid dienone is 3. The lowest BCUT2D eigenvalue weighted by atomic mass is 9.98. The molecule has 0 saturated carbocycles. The molecule has 5 N–H and O–H groups in total. The van der Waals surface area contributed by atoms with Crippen molar-refractivity contribution >= 4 is 64.5 Å². The summed E-state index contributed by atoms with van der Waals surface area (Å²) >= 11 is 12.3. The Bertz CT molecular complexity index is 1740. The van der Waals surface area contributed by atoms with Crippen LogP contribution in [0, 0.1) is 0 Å². The van der Waals surface area contributed by atoms with Crippen molar-refractivity contribution in [3.05, 3.63) is 81.4 Å². The molecule has 3 aliphatic heterocycles. The van der Waals surface area contributed by atoms with E-state index in [1.54, 1.807) is 19.2 Å². The van der Waals surface area contributed by atoms with E-state index in [0.717, 1.165) is 30.6 Å². The third-order valence-electron chi connectivity index (χ3n) is 9.34. The molecule has 2 aromatic carbocycles. The summed E-state index contributed by atoms with van der Waals surface area (Å²) in [5.41, 5.74) is 3.17. The van der Waals surface area contributed by atoms with E-state index in [1.165, 1.54) is 60.2 Å². The number of rotatable bonds is 4. The van der Waals surface area contributed by atoms with Gasteiger partial charge < -0.3 is 39.9 Å². The molecule has 0 radical (unpaired) electrons. The van der Waals surface area contributed by atoms with Crippen LogP contribution < -0.4 is 20.3 Å². The van der Waals surface area contributed by atoms with Crippen LogP contribution in [-0.2, 0) is 33.7 Å². The zero-order valence-corrected chi connectivity index (χ0v) is 34.4. The Morgan fingerprint density at radius 2 is 1.89 bits per heavy atom. The fourth-order valence-electron chi connectivity index (χ4n) is 6.08. The summed E-state index contributed by atoms with van der Waals surface area (Å²) in [5, 5.41) is 36.3. The van der Waals surface area contributed by atoms with Crippen LogP contribution in [0.1, 0.15) is 66.6 Å². The summed E-state index contributed by atoms with van der Waals surface area (Å²) < 4.78 is 10.7. The molecule has 1 saturated heterocycles. The molecule has 2 aromatic rings. The normalized spacial score (nSPS) is 23.7. The third kappa shape index (κ3) is 13.1. The molecule has 0 spiro atoms. The van der Waals surface area contributed by atoms with Crippen molar-refractivity contribution in [1.82, 2.24) is 15.5 Å². The van der Waals surface area contributed by atoms with Crippen LogP contribution >= 0.6 is 35.0 Å². The van der Waals surface area contributed by atoms with Crippen molar-refractivity contribution in [2.24, 2.45) is 0 Å². The number of carboxylic acid groups (broad SMARTS) is 1. The summed E-state index contributed by atoms with van der Waals surface area (Å²) in [6.45, 7) is 5.21. The SMILES string of the molecule is CCl.COc1cc2cc(c1Cl)N(C)C(=O)CCC(O)SCC1C[C@](O)(C/C=C/C=C(\C)C2)NC(=O)O1.C[C@@H](C(=O)O)N(C)C(=O)c1ccc2c(c1)CCNC2. The summed E-state index contributed by atoms with van der Waals surface area (Å²) in [5.74, 6) is -0.677. The van der Waals surface area contributed by atoms with E-state index in [4.69, 9.17) is 26.2 Å². The van der Waals surface area contributed by atoms with Gasteiger partial charge in [-0.2, -0.15) is 0 Å². The fourth-order valence-corrected chi connectivity index (χ4v) is 7.30. The first-order valence-electron chi connectivity index (χ1n) is 17.8. The first-order chi connectivity index (χ1) is 26.1. The van der Waals surface area contributed by atoms with E-state index in [-0.39, 0.29) is 37.5 Å². The number of aliphatic hydroxyl groups excluding tert-OH is 1. The van der Waals surface area contributed by atoms with E-state index < -0.39 is 35.4 Å². The molecule has 0 aromatic heterocycles. The monoisotopic (exact) mass is 822 g/mol. The summed E-state index contributed by atoms with van der Waals surface area (Å²) in [6, 6.07) is 8.46. The van der Waals surface area contributed by atoms with Crippen molar-refractivity contribution < 1.29 is 44.0 Å². The number of nitrogens with one attached hydrogen (secondary N) is 2. The fraction of sp³-hybridized carbons (Fsp3) is 0.487. The van der Waals surface area contributed by atoms with Gasteiger partial charge in [0.25, 0.3) is 5.91 Å². The van der Waals surface area contributed by atoms with Gasteiger partial charge in [-0.25, -0.2) is 9.59 Å². The van der Waals surface area contributed by atoms with Gasteiger partial charge in [0.1, 0.15) is 28.6 Å². The van der Waals surface area contributed by atoms with E-state index in [0.29, 0.717) is 34.2 Å². The van der Waals surface area contributed by atoms with E-state index in [9.17, 15) is 29.4 Å². The number of carbonyl (C=O) groups is 4. The number of methoxy groups -OCH3 is 1. The number of alkyl halides is 1. The highest BCUT2D eigenvalue weighted by Crippen LogP contribution is 2.37. The second kappa shape index (κ2) is 21.5. The number of carboxylic acids is 1. The molecule has 3 heterocycles. The van der Waals surface area contributed by atoms with Crippen LogP contribution in [0.25, 0.3) is 0 Å². The number of aliphatic hydroxyl groups is 2. The van der Waals surface area contributed by atoms with Crippen molar-refractivity contribution in [1.29, 1.82) is 0 Å². The molecule has 2 unspecified atom stereocenters. The molecule has 0 aliphatic carbocycles. The minimum Gasteiger partial charge on any atom is -0.495 e. The minimum atomic E-state index is -1.43. The quantitative estimate of drug-likeness (QED) is 0.246. The van der Waals surface area contributed by atoms with Crippen molar-refractivity contribution in [3.63, 3.8) is 0 Å². The number of carbonyl (C=O) groups excluding carboxylic acids is 3. The molecule has 5 rings (SSSR count). The van der Waals surface area contributed by atoms with E-state index in [2.05, 4.69) is 22.2 Å². The van der Waals surface area contributed by atoms with E-state index in [1.807, 2.05) is 43.3 Å². The van der Waals surface area contributed by atoms with Crippen molar-refractivity contribution in [3.8, 4) is 5.75 Å². The van der Waals surface area contributed by atoms with Gasteiger partial charge in [0.15, 0.2) is 0 Å². The Kier molecular flexibility index (Phi) is 17.8. The Morgan fingerprint density at radius 3 is 2.58 bits per heavy atom. The number of amides is 3. The lowest BCUT2D eigenvalue weighted by Crippen LogP contribution is -2.56. The Morgan fingerprint density at radius 1 is 1.16 bits per heavy atom. The van der Waals surface area contributed by atoms with Crippen LogP contribution in [0.2, 0.25) is 5.02 Å². The highest BCUT2D eigenvalue weighted by Gasteiger charge is 2.38. The van der Waals surface area contributed by atoms with Crippen molar-refractivity contribution in [2.75, 3.05) is 44.8 Å². The average Bonchev–Trinajstić information content (AvgIpc) is 3.17. The van der Waals surface area contributed by atoms with Crippen LogP contribution in [0.15, 0.2) is 54.1 Å². The second-order valence-corrected chi connectivity index (χ2v) is 15.1. The maximum atomic E-state index is 12.9. The van der Waals surface area contributed by atoms with Crippen LogP contribution in [0.5, 0.6) is 5.75 Å². The van der Waals surface area contributed by atoms with Crippen molar-refractivity contribution in [2.45, 2.75) is 82.2 Å². The Labute approximate surface area is 337 Å². The lowest BCUT2D eigenvalue weighted by Gasteiger charge is -2.36. The number of anilines is 1. The lowest BCUT2D eigenvalue weighted by molar-refractivity contribution is -0.141. The number of thioether (sulfide) groups is 1. The van der Waals surface area contributed by atoms with Gasteiger partial charge in [-0.1, -0.05) is 41.5 Å². The molecular formula is C39H52Cl2N4O9S. The molecule has 3 amide bonds. The van der Waals surface area contributed by atoms with Gasteiger partial charge in [0, 0.05) is 57.6 Å². The highest BCUT2D eigenvalue weighted by molar-refractivity contribution is 7.99. The minimum absolute atomic E-state index is 0.104. The summed E-state index contributed by atoms with van der Waals surface area (Å²) in [4.78, 5) is 50.7. The number of aliphatic carboxylic acids is 1. The molecule has 4 atom stereocenters. The number of nitrogens with zero attached hydrogens (tertiary/aromatic N) is 2. The van der Waals surface area contributed by atoms with Gasteiger partial charge in [-0.05, 0) is 80.6 Å². The van der Waals surface area contributed by atoms with Gasteiger partial charge >= 0.3 is 12.1 Å². The number of hydrogen-bond donors (Lipinski definition) is 5. The van der Waals surface area contributed by atoms with Gasteiger partial charge in [-0.3, -0.25) is 14.9 Å². The number of halogens is 2. The van der Waals surface area contributed by atoms with Gasteiger partial charge in [0.05, 0.1) is 18.2 Å². The predicted molar refractivity (Wildman–Crippen MR) is 216 cm³/mol. The molecular weight excluding hydrogens is 771 g/mol. The number of hydrogen-bond acceptors (Lipinski definition) is 10. The Hall–Kier alpha value is -3.79. The largest absolute Gasteiger partial charge is 0.495 e. The third-order valence-corrected chi connectivity index (χ3v) is 10.9. The van der Waals surface area contributed by atoms with Crippen LogP contribution in [0.3, 0.4) is 0 Å². The number of fused-ring (bicyclic) bond motifs is 5. The second-order valence-electron chi connectivity index (χ2n) is 13.5. The van der Waals surface area contributed by atoms with Gasteiger partial charge in [0.2, 0.25) is 5.91 Å². The molecule has 55 heavy (non-hydrogen) atoms. The number of ether oxygens (including phenoxy) is 2. The smallest absolute Gasteiger partial charge is 0.409 e. The zero-order chi connectivity index (χ0) is 40.9. The Balaban J connectivity index is 0.000000326. The van der Waals surface area contributed by atoms with Crippen LogP contribution in [-0.4, -0.2) is 107 Å². The topological polar surface area (TPSA) is 178 Å². The molecule has 302 valence electrons. The number of alkyl carbamates (subject to hydrolysis) is 1. The standard InChI is InChI=1S/C24H31ClN2O6S.C14H18N2O3.CH3Cl/c1-15-6-4-5-9-24(31)13-17(33-23(30)26-24)14-34-21(29)8-7-20(28)27(2)18-11-16(10-15)12-19(32-3)22(18)25;1-9(14(18)19)16(2)13(17)11-3-4-12-8-15-6-5-10(12)7-11;1-2/h4-6,11-12,17,21,29,31H,7-10,13-14H2,1-3H3,(H,26,30);3-4,7,9,15H,5-6,8H2,1-2H3,(H,18,19);1H3/b5-4+,15-6+;;/t17?,21?,24-;9-;/m10./s1. The number of likely N-dealkylation sites (N-methyl/N-ethyl adjacent to an activating group) is 1. The van der Waals surface area contributed by atoms with E-state index >= 15 is 0 Å². The van der Waals surface area contributed by atoms with Crippen LogP contribution in [0.4, 0.5) is 10.5 Å². The average molecular weight is 824 g/mol. The first kappa shape index (κ1) is 45.6. The zero-order valence-electron chi connectivity index (χ0n) is 32.1. The summed E-state index contributed by atoms with van der Waals surface area (Å²) in [6.07, 6.45) is 8.00. The molecule has 3 aliphatic rings. The molecule has 1 fully saturated rings. The molecule has 16 heteroatoms. The summed E-state index contributed by atoms with van der Waals surface area (Å²) in [7, 11) is 4.69. The highest BCUT2D eigenvalue weighted by atomic mass is 35.5. The predicted octanol–water partition coefficient (Wildman–Crippen LogP) is 5.51. The molecule has 4 bridgehead atoms. The number of benzene rings is 2. The first-order valence-corrected chi connectivity index (χ1v) is 20.0. The maximum Gasteiger partial charge on any atom is 0.409 e. The molecule has 13 nitrogen and oxygen atoms in total. The maximum absolute atomic E-state index is 12.9. The van der Waals surface area contributed by atoms with Gasteiger partial charge in [-0.15, -0.1) is 23.4 Å².